The summed E-state index contributed by atoms with van der Waals surface area (Å²) in [6, 6.07) is 12.0. The molecule has 108 valence electrons. The summed E-state index contributed by atoms with van der Waals surface area (Å²) in [4.78, 5) is 13.7. The Balaban J connectivity index is 1.69. The van der Waals surface area contributed by atoms with Crippen LogP contribution in [0.2, 0.25) is 5.28 Å². The van der Waals surface area contributed by atoms with Crippen molar-refractivity contribution < 1.29 is 0 Å². The Kier molecular flexibility index (Phi) is 3.25. The fraction of sp³-hybridized carbons (Fsp3) is 0. The summed E-state index contributed by atoms with van der Waals surface area (Å²) < 4.78 is 1.94. The van der Waals surface area contributed by atoms with Gasteiger partial charge in [0.2, 0.25) is 5.28 Å². The van der Waals surface area contributed by atoms with Crippen LogP contribution in [0.3, 0.4) is 0 Å². The van der Waals surface area contributed by atoms with Gasteiger partial charge in [0.1, 0.15) is 22.8 Å². The van der Waals surface area contributed by atoms with Crippen LogP contribution >= 0.6 is 22.9 Å². The third-order valence-corrected chi connectivity index (χ3v) is 4.16. The Morgan fingerprint density at radius 2 is 1.95 bits per heavy atom. The van der Waals surface area contributed by atoms with Crippen LogP contribution < -0.4 is 5.32 Å². The normalized spacial score (nSPS) is 11.0. The molecule has 0 aliphatic rings. The number of halogens is 1. The molecular weight excluding hydrogens is 318 g/mol. The first kappa shape index (κ1) is 13.2. The van der Waals surface area contributed by atoms with Crippen molar-refractivity contribution in [2.24, 2.45) is 0 Å². The van der Waals surface area contributed by atoms with E-state index in [2.05, 4.69) is 20.3 Å². The summed E-state index contributed by atoms with van der Waals surface area (Å²) in [7, 11) is 0. The fourth-order valence-electron chi connectivity index (χ4n) is 2.17. The van der Waals surface area contributed by atoms with Gasteiger partial charge < -0.3 is 9.88 Å². The zero-order valence-corrected chi connectivity index (χ0v) is 12.8. The Morgan fingerprint density at radius 3 is 2.82 bits per heavy atom. The van der Waals surface area contributed by atoms with E-state index >= 15 is 0 Å². The van der Waals surface area contributed by atoms with E-state index in [0.29, 0.717) is 11.6 Å². The summed E-state index contributed by atoms with van der Waals surface area (Å²) in [6.07, 6.45) is 3.66. The Labute approximate surface area is 135 Å². The number of fused-ring (bicyclic) bond motifs is 1. The van der Waals surface area contributed by atoms with E-state index in [0.717, 1.165) is 15.9 Å². The van der Waals surface area contributed by atoms with Crippen LogP contribution in [-0.2, 0) is 0 Å². The Bertz CT molecular complexity index is 931. The van der Waals surface area contributed by atoms with Crippen LogP contribution in [0.5, 0.6) is 0 Å². The molecule has 0 spiro atoms. The second kappa shape index (κ2) is 5.40. The quantitative estimate of drug-likeness (QED) is 0.571. The molecule has 7 heteroatoms. The number of thiophene rings is 1. The summed E-state index contributed by atoms with van der Waals surface area (Å²) in [5.74, 6) is 1.36. The van der Waals surface area contributed by atoms with Crippen LogP contribution in [0.15, 0.2) is 54.3 Å². The smallest absolute Gasteiger partial charge is 0.225 e. The van der Waals surface area contributed by atoms with Crippen molar-refractivity contribution in [3.63, 3.8) is 0 Å². The van der Waals surface area contributed by atoms with Gasteiger partial charge in [0.15, 0.2) is 0 Å². The van der Waals surface area contributed by atoms with Gasteiger partial charge in [0, 0.05) is 5.69 Å². The fourth-order valence-corrected chi connectivity index (χ4v) is 3.16. The van der Waals surface area contributed by atoms with E-state index in [-0.39, 0.29) is 5.28 Å². The van der Waals surface area contributed by atoms with Crippen LogP contribution in [0, 0.1) is 0 Å². The first-order valence-corrected chi connectivity index (χ1v) is 7.82. The number of nitrogens with one attached hydrogen (secondary N) is 1. The number of rotatable bonds is 3. The number of nitrogens with zero attached hydrogens (tertiary/aromatic N) is 4. The number of anilines is 2. The van der Waals surface area contributed by atoms with Gasteiger partial charge in [-0.15, -0.1) is 11.3 Å². The molecule has 0 saturated carbocycles. The molecule has 3 aromatic heterocycles. The Hall–Kier alpha value is -2.44. The van der Waals surface area contributed by atoms with E-state index < -0.39 is 0 Å². The minimum atomic E-state index is 0.222. The molecule has 0 atom stereocenters. The summed E-state index contributed by atoms with van der Waals surface area (Å²) in [5.41, 5.74) is 1.05. The van der Waals surface area contributed by atoms with Gasteiger partial charge in [-0.2, -0.15) is 4.98 Å². The molecule has 4 aromatic rings. The maximum absolute atomic E-state index is 5.97. The number of para-hydroxylation sites is 1. The average molecular weight is 328 g/mol. The third-order valence-electron chi connectivity index (χ3n) is 3.18. The van der Waals surface area contributed by atoms with E-state index in [4.69, 9.17) is 11.6 Å². The highest BCUT2D eigenvalue weighted by atomic mass is 35.5. The lowest BCUT2D eigenvalue weighted by molar-refractivity contribution is 1.06. The molecule has 3 heterocycles. The first-order chi connectivity index (χ1) is 10.8. The minimum Gasteiger partial charge on any atom is -0.323 e. The van der Waals surface area contributed by atoms with Crippen molar-refractivity contribution in [1.82, 2.24) is 19.5 Å². The molecule has 0 aliphatic carbocycles. The van der Waals surface area contributed by atoms with Crippen molar-refractivity contribution in [3.05, 3.63) is 59.6 Å². The zero-order valence-electron chi connectivity index (χ0n) is 11.3. The number of imidazole rings is 1. The molecule has 0 saturated heterocycles. The summed E-state index contributed by atoms with van der Waals surface area (Å²) >= 11 is 7.49. The molecule has 4 rings (SSSR count). The van der Waals surface area contributed by atoms with Gasteiger partial charge in [-0.05, 0) is 35.2 Å². The van der Waals surface area contributed by atoms with Gasteiger partial charge in [-0.1, -0.05) is 18.2 Å². The molecule has 0 fully saturated rings. The molecule has 5 nitrogen and oxygen atoms in total. The number of hydrogen-bond acceptors (Lipinski definition) is 5. The molecule has 0 bridgehead atoms. The topological polar surface area (TPSA) is 55.6 Å². The molecule has 0 unspecified atom stereocenters. The van der Waals surface area contributed by atoms with Gasteiger partial charge in [0.25, 0.3) is 0 Å². The lowest BCUT2D eigenvalue weighted by Crippen LogP contribution is -1.96. The van der Waals surface area contributed by atoms with Crippen LogP contribution in [-0.4, -0.2) is 19.5 Å². The molecular formula is C15H10ClN5S. The largest absolute Gasteiger partial charge is 0.323 e. The minimum absolute atomic E-state index is 0.222. The highest BCUT2D eigenvalue weighted by molar-refractivity contribution is 7.16. The molecule has 0 amide bonds. The molecule has 0 radical (unpaired) electrons. The second-order valence-electron chi connectivity index (χ2n) is 4.61. The monoisotopic (exact) mass is 327 g/mol. The van der Waals surface area contributed by atoms with Crippen LogP contribution in [0.25, 0.3) is 15.9 Å². The van der Waals surface area contributed by atoms with E-state index in [9.17, 15) is 0 Å². The van der Waals surface area contributed by atoms with Gasteiger partial charge >= 0.3 is 0 Å². The summed E-state index contributed by atoms with van der Waals surface area (Å²) in [6.45, 7) is 0. The summed E-state index contributed by atoms with van der Waals surface area (Å²) in [5, 5.41) is 6.32. The number of aromatic nitrogens is 4. The molecule has 22 heavy (non-hydrogen) atoms. The molecule has 0 aliphatic heterocycles. The zero-order chi connectivity index (χ0) is 14.9. The average Bonchev–Trinajstić information content (AvgIpc) is 3.17. The van der Waals surface area contributed by atoms with E-state index in [1.165, 1.54) is 11.3 Å². The standard InChI is InChI=1S/C15H10ClN5S/c16-15-19-13(11-6-7-22-14(11)20-15)18-12-8-21(9-17-12)10-4-2-1-3-5-10/h1-9H,(H,18,19,20). The van der Waals surface area contributed by atoms with Crippen molar-refractivity contribution in [2.75, 3.05) is 5.32 Å². The van der Waals surface area contributed by atoms with Gasteiger partial charge in [-0.3, -0.25) is 0 Å². The lowest BCUT2D eigenvalue weighted by atomic mass is 10.3. The van der Waals surface area contributed by atoms with Crippen molar-refractivity contribution in [2.45, 2.75) is 0 Å². The SMILES string of the molecule is Clc1nc(Nc2cn(-c3ccccc3)cn2)c2ccsc2n1. The van der Waals surface area contributed by atoms with Crippen LogP contribution in [0.1, 0.15) is 0 Å². The van der Waals surface area contributed by atoms with Crippen LogP contribution in [0.4, 0.5) is 11.6 Å². The molecule has 1 N–H and O–H groups in total. The maximum atomic E-state index is 5.97. The van der Waals surface area contributed by atoms with Gasteiger partial charge in [0.05, 0.1) is 11.6 Å². The highest BCUT2D eigenvalue weighted by Crippen LogP contribution is 2.28. The third kappa shape index (κ3) is 2.43. The number of benzene rings is 1. The predicted molar refractivity (Wildman–Crippen MR) is 89.3 cm³/mol. The molecule has 1 aromatic carbocycles. The number of hydrogen-bond donors (Lipinski definition) is 1. The Morgan fingerprint density at radius 1 is 1.09 bits per heavy atom. The van der Waals surface area contributed by atoms with Crippen molar-refractivity contribution >= 4 is 44.8 Å². The highest BCUT2D eigenvalue weighted by Gasteiger charge is 2.09. The van der Waals surface area contributed by atoms with E-state index in [1.54, 1.807) is 6.33 Å². The first-order valence-electron chi connectivity index (χ1n) is 6.57. The lowest BCUT2D eigenvalue weighted by Gasteiger charge is -2.04. The van der Waals surface area contributed by atoms with Crippen molar-refractivity contribution in [1.29, 1.82) is 0 Å². The van der Waals surface area contributed by atoms with E-state index in [1.807, 2.05) is 52.5 Å². The second-order valence-corrected chi connectivity index (χ2v) is 5.84. The predicted octanol–water partition coefficient (Wildman–Crippen LogP) is 4.27. The van der Waals surface area contributed by atoms with Gasteiger partial charge in [-0.25, -0.2) is 9.97 Å². The maximum Gasteiger partial charge on any atom is 0.225 e. The van der Waals surface area contributed by atoms with Crippen molar-refractivity contribution in [3.8, 4) is 5.69 Å².